The van der Waals surface area contributed by atoms with Crippen LogP contribution in [0, 0.1) is 6.92 Å². The second-order valence-corrected chi connectivity index (χ2v) is 7.21. The Hall–Kier alpha value is -2.86. The molecule has 0 aromatic heterocycles. The maximum atomic E-state index is 12.7. The van der Waals surface area contributed by atoms with Crippen LogP contribution in [0.3, 0.4) is 0 Å². The third kappa shape index (κ3) is 3.73. The molecule has 0 radical (unpaired) electrons. The van der Waals surface area contributed by atoms with Crippen molar-refractivity contribution in [1.29, 1.82) is 0 Å². The Kier molecular flexibility index (Phi) is 5.30. The highest BCUT2D eigenvalue weighted by atomic mass is 16.5. The van der Waals surface area contributed by atoms with Gasteiger partial charge in [-0.2, -0.15) is 0 Å². The van der Waals surface area contributed by atoms with Crippen molar-refractivity contribution in [2.75, 3.05) is 49.6 Å². The van der Waals surface area contributed by atoms with Crippen molar-refractivity contribution in [3.05, 3.63) is 59.2 Å². The number of amides is 2. The van der Waals surface area contributed by atoms with Crippen LogP contribution in [0.25, 0.3) is 0 Å². The van der Waals surface area contributed by atoms with Gasteiger partial charge in [-0.15, -0.1) is 0 Å². The third-order valence-electron chi connectivity index (χ3n) is 5.39. The zero-order valence-electron chi connectivity index (χ0n) is 16.1. The minimum atomic E-state index is 0.0303. The van der Waals surface area contributed by atoms with Gasteiger partial charge in [0.15, 0.2) is 0 Å². The highest BCUT2D eigenvalue weighted by Gasteiger charge is 2.24. The molecule has 1 N–H and O–H groups in total. The quantitative estimate of drug-likeness (QED) is 0.887. The van der Waals surface area contributed by atoms with Crippen LogP contribution in [0.1, 0.15) is 21.5 Å². The lowest BCUT2D eigenvalue weighted by Crippen LogP contribution is -2.40. The molecule has 1 fully saturated rings. The Labute approximate surface area is 165 Å². The molecule has 0 spiro atoms. The van der Waals surface area contributed by atoms with Gasteiger partial charge < -0.3 is 19.9 Å². The number of ether oxygens (including phenoxy) is 1. The first kappa shape index (κ1) is 18.5. The maximum absolute atomic E-state index is 12.7. The van der Waals surface area contributed by atoms with Crippen molar-refractivity contribution in [2.24, 2.45) is 0 Å². The summed E-state index contributed by atoms with van der Waals surface area (Å²) in [5, 5.41) is 3.23. The van der Waals surface area contributed by atoms with Crippen LogP contribution in [-0.2, 0) is 16.0 Å². The molecule has 0 bridgehead atoms. The van der Waals surface area contributed by atoms with Gasteiger partial charge in [-0.3, -0.25) is 9.59 Å². The zero-order chi connectivity index (χ0) is 19.5. The highest BCUT2D eigenvalue weighted by molar-refractivity contribution is 5.98. The van der Waals surface area contributed by atoms with Gasteiger partial charge in [0.2, 0.25) is 5.91 Å². The maximum Gasteiger partial charge on any atom is 0.254 e. The third-order valence-corrected chi connectivity index (χ3v) is 5.39. The molecule has 2 aliphatic rings. The summed E-state index contributed by atoms with van der Waals surface area (Å²) in [5.41, 5.74) is 4.73. The molecule has 0 atom stereocenters. The largest absolute Gasteiger partial charge is 0.378 e. The minimum absolute atomic E-state index is 0.0303. The van der Waals surface area contributed by atoms with Crippen LogP contribution in [-0.4, -0.2) is 56.1 Å². The number of fused-ring (bicyclic) bond motifs is 1. The molecular weight excluding hydrogens is 354 g/mol. The molecule has 2 amide bonds. The number of hydrogen-bond donors (Lipinski definition) is 1. The molecule has 4 rings (SSSR count). The van der Waals surface area contributed by atoms with Crippen molar-refractivity contribution in [3.63, 3.8) is 0 Å². The van der Waals surface area contributed by atoms with Crippen LogP contribution < -0.4 is 10.2 Å². The number of aryl methyl sites for hydroxylation is 1. The predicted molar refractivity (Wildman–Crippen MR) is 109 cm³/mol. The lowest BCUT2D eigenvalue weighted by molar-refractivity contribution is -0.116. The van der Waals surface area contributed by atoms with E-state index >= 15 is 0 Å². The number of morpholine rings is 1. The Morgan fingerprint density at radius 1 is 1.07 bits per heavy atom. The number of rotatable bonds is 4. The van der Waals surface area contributed by atoms with Gasteiger partial charge in [0.05, 0.1) is 19.8 Å². The standard InChI is InChI=1S/C22H25N3O3/c1-16-14-18(22(27)24-10-12-28-13-11-24)6-7-19(16)23-15-21(26)25-9-8-17-4-2-3-5-20(17)25/h2-7,14,23H,8-13,15H2,1H3. The van der Waals surface area contributed by atoms with E-state index in [-0.39, 0.29) is 18.4 Å². The molecule has 0 unspecified atom stereocenters. The Balaban J connectivity index is 1.39. The van der Waals surface area contributed by atoms with E-state index in [1.54, 1.807) is 0 Å². The van der Waals surface area contributed by atoms with Gasteiger partial charge in [-0.25, -0.2) is 0 Å². The van der Waals surface area contributed by atoms with E-state index in [9.17, 15) is 9.59 Å². The number of nitrogens with one attached hydrogen (secondary N) is 1. The van der Waals surface area contributed by atoms with Crippen LogP contribution in [0.5, 0.6) is 0 Å². The predicted octanol–water partition coefficient (Wildman–Crippen LogP) is 2.47. The number of carbonyl (C=O) groups excluding carboxylic acids is 2. The average molecular weight is 379 g/mol. The summed E-state index contributed by atoms with van der Waals surface area (Å²) in [6.45, 7) is 5.34. The molecule has 0 aliphatic carbocycles. The summed E-state index contributed by atoms with van der Waals surface area (Å²) >= 11 is 0. The van der Waals surface area contributed by atoms with Crippen molar-refractivity contribution < 1.29 is 14.3 Å². The fourth-order valence-electron chi connectivity index (χ4n) is 3.81. The first-order valence-electron chi connectivity index (χ1n) is 9.73. The normalized spacial score (nSPS) is 16.0. The molecule has 0 saturated carbocycles. The molecule has 28 heavy (non-hydrogen) atoms. The number of benzene rings is 2. The molecule has 2 aromatic carbocycles. The first-order chi connectivity index (χ1) is 13.6. The lowest BCUT2D eigenvalue weighted by Gasteiger charge is -2.27. The summed E-state index contributed by atoms with van der Waals surface area (Å²) in [6.07, 6.45) is 0.902. The Bertz CT molecular complexity index is 890. The lowest BCUT2D eigenvalue weighted by atomic mass is 10.1. The SMILES string of the molecule is Cc1cc(C(=O)N2CCOCC2)ccc1NCC(=O)N1CCc2ccccc21. The van der Waals surface area contributed by atoms with Gasteiger partial charge in [0, 0.05) is 36.6 Å². The number of para-hydroxylation sites is 1. The van der Waals surface area contributed by atoms with Crippen molar-refractivity contribution in [2.45, 2.75) is 13.3 Å². The fraction of sp³-hybridized carbons (Fsp3) is 0.364. The summed E-state index contributed by atoms with van der Waals surface area (Å²) in [6, 6.07) is 13.6. The summed E-state index contributed by atoms with van der Waals surface area (Å²) in [5.74, 6) is 0.0838. The Morgan fingerprint density at radius 3 is 2.64 bits per heavy atom. The number of anilines is 2. The average Bonchev–Trinajstić information content (AvgIpc) is 3.17. The van der Waals surface area contributed by atoms with Crippen LogP contribution in [0.4, 0.5) is 11.4 Å². The minimum Gasteiger partial charge on any atom is -0.378 e. The van der Waals surface area contributed by atoms with Crippen molar-refractivity contribution in [1.82, 2.24) is 4.90 Å². The zero-order valence-corrected chi connectivity index (χ0v) is 16.1. The van der Waals surface area contributed by atoms with Gasteiger partial charge in [0.1, 0.15) is 0 Å². The molecule has 146 valence electrons. The molecule has 6 nitrogen and oxygen atoms in total. The van der Waals surface area contributed by atoms with Crippen molar-refractivity contribution >= 4 is 23.2 Å². The number of hydrogen-bond acceptors (Lipinski definition) is 4. The van der Waals surface area contributed by atoms with Crippen LogP contribution in [0.15, 0.2) is 42.5 Å². The number of carbonyl (C=O) groups is 2. The fourth-order valence-corrected chi connectivity index (χ4v) is 3.81. The van der Waals surface area contributed by atoms with Gasteiger partial charge in [0.25, 0.3) is 5.91 Å². The molecule has 2 aliphatic heterocycles. The molecule has 6 heteroatoms. The molecule has 2 aromatic rings. The van der Waals surface area contributed by atoms with Crippen LogP contribution in [0.2, 0.25) is 0 Å². The number of nitrogens with zero attached hydrogens (tertiary/aromatic N) is 2. The van der Waals surface area contributed by atoms with Crippen molar-refractivity contribution in [3.8, 4) is 0 Å². The van der Waals surface area contributed by atoms with Gasteiger partial charge in [-0.05, 0) is 48.7 Å². The van der Waals surface area contributed by atoms with E-state index in [4.69, 9.17) is 4.74 Å². The highest BCUT2D eigenvalue weighted by Crippen LogP contribution is 2.27. The smallest absolute Gasteiger partial charge is 0.254 e. The van der Waals surface area contributed by atoms with Gasteiger partial charge >= 0.3 is 0 Å². The van der Waals surface area contributed by atoms with E-state index in [2.05, 4.69) is 11.4 Å². The van der Waals surface area contributed by atoms with Gasteiger partial charge in [-0.1, -0.05) is 18.2 Å². The second kappa shape index (κ2) is 8.02. The van der Waals surface area contributed by atoms with E-state index in [1.165, 1.54) is 5.56 Å². The van der Waals surface area contributed by atoms with Crippen LogP contribution >= 0.6 is 0 Å². The van der Waals surface area contributed by atoms with E-state index in [1.807, 2.05) is 53.1 Å². The molecule has 1 saturated heterocycles. The first-order valence-corrected chi connectivity index (χ1v) is 9.73. The molecular formula is C22H25N3O3. The van der Waals surface area contributed by atoms with E-state index in [0.29, 0.717) is 31.9 Å². The monoisotopic (exact) mass is 379 g/mol. The Morgan fingerprint density at radius 2 is 1.86 bits per heavy atom. The summed E-state index contributed by atoms with van der Waals surface area (Å²) in [7, 11) is 0. The van der Waals surface area contributed by atoms with E-state index < -0.39 is 0 Å². The molecule has 2 heterocycles. The summed E-state index contributed by atoms with van der Waals surface area (Å²) < 4.78 is 5.31. The summed E-state index contributed by atoms with van der Waals surface area (Å²) in [4.78, 5) is 28.9. The topological polar surface area (TPSA) is 61.9 Å². The second-order valence-electron chi connectivity index (χ2n) is 7.21. The van der Waals surface area contributed by atoms with E-state index in [0.717, 1.165) is 29.9 Å².